The fourth-order valence-electron chi connectivity index (χ4n) is 3.14. The summed E-state index contributed by atoms with van der Waals surface area (Å²) in [7, 11) is 1.46. The van der Waals surface area contributed by atoms with Crippen molar-refractivity contribution in [3.63, 3.8) is 0 Å². The summed E-state index contributed by atoms with van der Waals surface area (Å²) < 4.78 is 10.5. The summed E-state index contributed by atoms with van der Waals surface area (Å²) in [5, 5.41) is 3.84. The predicted molar refractivity (Wildman–Crippen MR) is 102 cm³/mol. The van der Waals surface area contributed by atoms with Crippen LogP contribution in [0.3, 0.4) is 0 Å². The number of hydrogen-bond acceptors (Lipinski definition) is 5. The molecule has 0 saturated carbocycles. The number of halogens is 1. The summed E-state index contributed by atoms with van der Waals surface area (Å²) in [4.78, 5) is 29.2. The molecule has 2 amide bonds. The lowest BCUT2D eigenvalue weighted by molar-refractivity contribution is -0.130. The highest BCUT2D eigenvalue weighted by atomic mass is 35.5. The topological polar surface area (TPSA) is 105 Å². The minimum Gasteiger partial charge on any atom is -0.495 e. The molecule has 0 radical (unpaired) electrons. The normalized spacial score (nSPS) is 19.5. The van der Waals surface area contributed by atoms with Crippen molar-refractivity contribution in [2.45, 2.75) is 25.1 Å². The van der Waals surface area contributed by atoms with E-state index in [1.165, 1.54) is 13.2 Å². The number of benzene rings is 2. The number of cyclic esters (lactones) is 1. The number of ether oxygens (including phenoxy) is 2. The molecule has 0 spiro atoms. The third-order valence-corrected chi connectivity index (χ3v) is 4.82. The molecule has 0 unspecified atom stereocenters. The molecule has 1 heterocycles. The van der Waals surface area contributed by atoms with E-state index in [-0.39, 0.29) is 5.02 Å². The SMILES string of the molecule is COc1ccc([C@@H](N=[N+]=[N-])C(=O)N2C(=O)O[C@@H](c3ccccc3)[C@H]2C)cc1Cl. The summed E-state index contributed by atoms with van der Waals surface area (Å²) in [6.07, 6.45) is -1.40. The highest BCUT2D eigenvalue weighted by Gasteiger charge is 2.45. The van der Waals surface area contributed by atoms with E-state index in [1.807, 2.05) is 30.3 Å². The average molecular weight is 401 g/mol. The monoisotopic (exact) mass is 400 g/mol. The first-order valence-electron chi connectivity index (χ1n) is 8.44. The number of rotatable bonds is 5. The van der Waals surface area contributed by atoms with Gasteiger partial charge in [-0.25, -0.2) is 9.69 Å². The van der Waals surface area contributed by atoms with Crippen LogP contribution in [-0.2, 0) is 9.53 Å². The Labute approximate surface area is 166 Å². The van der Waals surface area contributed by atoms with Crippen LogP contribution >= 0.6 is 11.6 Å². The number of hydrogen-bond donors (Lipinski definition) is 0. The van der Waals surface area contributed by atoms with Gasteiger partial charge in [-0.1, -0.05) is 53.1 Å². The molecule has 0 aliphatic carbocycles. The van der Waals surface area contributed by atoms with Crippen molar-refractivity contribution >= 4 is 23.6 Å². The standard InChI is InChI=1S/C19H17ClN4O4/c1-11-17(12-6-4-3-5-7-12)28-19(26)24(11)18(25)16(22-23-21)13-8-9-15(27-2)14(20)10-13/h3-11,16-17H,1-2H3/t11-,16-,17-/m1/s1. The zero-order valence-electron chi connectivity index (χ0n) is 15.2. The molecule has 144 valence electrons. The first-order chi connectivity index (χ1) is 13.5. The molecule has 2 aromatic carbocycles. The van der Waals surface area contributed by atoms with E-state index < -0.39 is 30.2 Å². The summed E-state index contributed by atoms with van der Waals surface area (Å²) in [5.74, 6) is -0.273. The van der Waals surface area contributed by atoms with Gasteiger partial charge in [-0.05, 0) is 35.7 Å². The third-order valence-electron chi connectivity index (χ3n) is 4.53. The number of carbonyl (C=O) groups excluding carboxylic acids is 2. The van der Waals surface area contributed by atoms with E-state index in [0.29, 0.717) is 11.3 Å². The number of amides is 2. The minimum absolute atomic E-state index is 0.255. The Morgan fingerprint density at radius 3 is 2.64 bits per heavy atom. The lowest BCUT2D eigenvalue weighted by Crippen LogP contribution is -2.40. The van der Waals surface area contributed by atoms with Crippen molar-refractivity contribution in [1.29, 1.82) is 0 Å². The highest BCUT2D eigenvalue weighted by molar-refractivity contribution is 6.32. The smallest absolute Gasteiger partial charge is 0.417 e. The molecule has 0 bridgehead atoms. The number of carbonyl (C=O) groups is 2. The van der Waals surface area contributed by atoms with Crippen molar-refractivity contribution in [2.75, 3.05) is 7.11 Å². The Balaban J connectivity index is 1.92. The maximum Gasteiger partial charge on any atom is 0.417 e. The molecule has 0 N–H and O–H groups in total. The molecule has 28 heavy (non-hydrogen) atoms. The Morgan fingerprint density at radius 1 is 1.32 bits per heavy atom. The van der Waals surface area contributed by atoms with E-state index in [9.17, 15) is 9.59 Å². The number of nitrogens with zero attached hydrogens (tertiary/aromatic N) is 4. The molecular formula is C19H17ClN4O4. The van der Waals surface area contributed by atoms with Crippen LogP contribution in [0.4, 0.5) is 4.79 Å². The van der Waals surface area contributed by atoms with E-state index in [4.69, 9.17) is 26.6 Å². The second-order valence-electron chi connectivity index (χ2n) is 6.17. The highest BCUT2D eigenvalue weighted by Crippen LogP contribution is 2.36. The van der Waals surface area contributed by atoms with Gasteiger partial charge in [-0.15, -0.1) is 0 Å². The first kappa shape index (κ1) is 19.5. The fourth-order valence-corrected chi connectivity index (χ4v) is 3.41. The summed E-state index contributed by atoms with van der Waals surface area (Å²) in [5.41, 5.74) is 10.0. The minimum atomic E-state index is -1.27. The van der Waals surface area contributed by atoms with Crippen LogP contribution in [0.5, 0.6) is 5.75 Å². The van der Waals surface area contributed by atoms with Gasteiger partial charge in [0.2, 0.25) is 5.91 Å². The molecule has 0 aromatic heterocycles. The van der Waals surface area contributed by atoms with Gasteiger partial charge >= 0.3 is 6.09 Å². The van der Waals surface area contributed by atoms with Crippen molar-refractivity contribution in [2.24, 2.45) is 5.11 Å². The van der Waals surface area contributed by atoms with Gasteiger partial charge in [-0.3, -0.25) is 4.79 Å². The van der Waals surface area contributed by atoms with E-state index >= 15 is 0 Å². The molecule has 1 aliphatic heterocycles. The van der Waals surface area contributed by atoms with Crippen LogP contribution in [-0.4, -0.2) is 30.1 Å². The van der Waals surface area contributed by atoms with Gasteiger partial charge < -0.3 is 9.47 Å². The van der Waals surface area contributed by atoms with Crippen molar-refractivity contribution in [3.8, 4) is 5.75 Å². The van der Waals surface area contributed by atoms with Crippen LogP contribution in [0.15, 0.2) is 53.6 Å². The first-order valence-corrected chi connectivity index (χ1v) is 8.82. The van der Waals surface area contributed by atoms with Crippen molar-refractivity contribution in [1.82, 2.24) is 4.90 Å². The zero-order chi connectivity index (χ0) is 20.3. The molecule has 8 nitrogen and oxygen atoms in total. The summed E-state index contributed by atoms with van der Waals surface area (Å²) in [6, 6.07) is 11.9. The predicted octanol–water partition coefficient (Wildman–Crippen LogP) is 4.81. The maximum atomic E-state index is 13.1. The van der Waals surface area contributed by atoms with E-state index in [0.717, 1.165) is 10.5 Å². The third kappa shape index (κ3) is 3.60. The quantitative estimate of drug-likeness (QED) is 0.408. The van der Waals surface area contributed by atoms with Crippen LogP contribution in [0.1, 0.15) is 30.2 Å². The van der Waals surface area contributed by atoms with E-state index in [1.54, 1.807) is 19.1 Å². The molecule has 1 aliphatic rings. The molecule has 3 rings (SSSR count). The van der Waals surface area contributed by atoms with Gasteiger partial charge in [0.05, 0.1) is 18.2 Å². The second-order valence-corrected chi connectivity index (χ2v) is 6.57. The van der Waals surface area contributed by atoms with Gasteiger partial charge in [0, 0.05) is 4.91 Å². The molecule has 9 heteroatoms. The van der Waals surface area contributed by atoms with E-state index in [2.05, 4.69) is 10.0 Å². The van der Waals surface area contributed by atoms with Crippen molar-refractivity contribution in [3.05, 3.63) is 75.1 Å². The van der Waals surface area contributed by atoms with Gasteiger partial charge in [0.25, 0.3) is 0 Å². The lowest BCUT2D eigenvalue weighted by atomic mass is 10.0. The van der Waals surface area contributed by atoms with Crippen LogP contribution in [0.25, 0.3) is 10.4 Å². The molecule has 3 atom stereocenters. The Kier molecular flexibility index (Phi) is 5.73. The van der Waals surface area contributed by atoms with Gasteiger partial charge in [0.1, 0.15) is 17.9 Å². The largest absolute Gasteiger partial charge is 0.495 e. The average Bonchev–Trinajstić information content (AvgIpc) is 3.00. The maximum absolute atomic E-state index is 13.1. The van der Waals surface area contributed by atoms with Gasteiger partial charge in [0.15, 0.2) is 0 Å². The molecular weight excluding hydrogens is 384 g/mol. The number of methoxy groups -OCH3 is 1. The second kappa shape index (κ2) is 8.21. The van der Waals surface area contributed by atoms with Crippen LogP contribution < -0.4 is 4.74 Å². The Hall–Kier alpha value is -3.22. The lowest BCUT2D eigenvalue weighted by Gasteiger charge is -2.22. The van der Waals surface area contributed by atoms with Crippen LogP contribution in [0, 0.1) is 0 Å². The molecule has 2 aromatic rings. The zero-order valence-corrected chi connectivity index (χ0v) is 15.9. The Morgan fingerprint density at radius 2 is 2.04 bits per heavy atom. The van der Waals surface area contributed by atoms with Gasteiger partial charge in [-0.2, -0.15) is 0 Å². The number of imide groups is 1. The summed E-state index contributed by atoms with van der Waals surface area (Å²) in [6.45, 7) is 1.70. The molecule has 1 saturated heterocycles. The van der Waals surface area contributed by atoms with Crippen molar-refractivity contribution < 1.29 is 19.1 Å². The molecule has 1 fully saturated rings. The number of azide groups is 1. The summed E-state index contributed by atoms with van der Waals surface area (Å²) >= 11 is 6.12. The Bertz CT molecular complexity index is 946. The fraction of sp³-hybridized carbons (Fsp3) is 0.263. The van der Waals surface area contributed by atoms with Crippen LogP contribution in [0.2, 0.25) is 5.02 Å².